The number of carbonyl (C=O) groups is 2. The van der Waals surface area contributed by atoms with E-state index in [9.17, 15) is 9.59 Å². The molecule has 0 radical (unpaired) electrons. The van der Waals surface area contributed by atoms with Crippen molar-refractivity contribution in [1.29, 1.82) is 0 Å². The van der Waals surface area contributed by atoms with Gasteiger partial charge in [0, 0.05) is 10.0 Å². The molecule has 1 aromatic carbocycles. The fraction of sp³-hybridized carbons (Fsp3) is 0. The van der Waals surface area contributed by atoms with Gasteiger partial charge in [-0.05, 0) is 28.1 Å². The average molecular weight is 284 g/mol. The van der Waals surface area contributed by atoms with Crippen molar-refractivity contribution < 1.29 is 14.7 Å². The van der Waals surface area contributed by atoms with E-state index in [1.54, 1.807) is 0 Å². The summed E-state index contributed by atoms with van der Waals surface area (Å²) >= 11 is 3.18. The van der Waals surface area contributed by atoms with E-state index in [0.29, 0.717) is 15.7 Å². The number of halogens is 1. The standard InChI is InChI=1S/C9H6BrN3O3/c10-4-1-3(9(15)16)2-5-6(4)7(13-11)8(14)12-5/h1-2H,11H2,(H,15,16)(H,12,13,14). The molecular weight excluding hydrogens is 278 g/mol. The summed E-state index contributed by atoms with van der Waals surface area (Å²) in [4.78, 5) is 22.2. The van der Waals surface area contributed by atoms with Gasteiger partial charge in [0.15, 0.2) is 5.71 Å². The number of benzene rings is 1. The summed E-state index contributed by atoms with van der Waals surface area (Å²) in [5.74, 6) is 3.58. The van der Waals surface area contributed by atoms with Crippen LogP contribution < -0.4 is 11.2 Å². The third-order valence-corrected chi connectivity index (χ3v) is 2.79. The van der Waals surface area contributed by atoms with E-state index in [4.69, 9.17) is 10.9 Å². The number of rotatable bonds is 1. The molecule has 0 saturated carbocycles. The number of nitrogens with zero attached hydrogens (tertiary/aromatic N) is 1. The molecular formula is C9H6BrN3O3. The van der Waals surface area contributed by atoms with Gasteiger partial charge >= 0.3 is 5.97 Å². The maximum Gasteiger partial charge on any atom is 0.335 e. The second-order valence-corrected chi connectivity index (χ2v) is 3.97. The zero-order chi connectivity index (χ0) is 11.9. The molecule has 0 saturated heterocycles. The lowest BCUT2D eigenvalue weighted by atomic mass is 10.1. The maximum atomic E-state index is 11.4. The first-order valence-corrected chi connectivity index (χ1v) is 5.00. The van der Waals surface area contributed by atoms with E-state index in [-0.39, 0.29) is 11.3 Å². The van der Waals surface area contributed by atoms with E-state index < -0.39 is 11.9 Å². The Hall–Kier alpha value is -1.89. The second kappa shape index (κ2) is 3.60. The number of nitrogens with two attached hydrogens (primary N) is 1. The molecule has 6 nitrogen and oxygen atoms in total. The van der Waals surface area contributed by atoms with Crippen molar-refractivity contribution in [3.63, 3.8) is 0 Å². The van der Waals surface area contributed by atoms with Crippen molar-refractivity contribution in [2.24, 2.45) is 10.9 Å². The van der Waals surface area contributed by atoms with Crippen LogP contribution in [-0.4, -0.2) is 22.7 Å². The molecule has 0 aliphatic carbocycles. The van der Waals surface area contributed by atoms with Crippen LogP contribution in [0.1, 0.15) is 15.9 Å². The van der Waals surface area contributed by atoms with Gasteiger partial charge < -0.3 is 16.3 Å². The number of carbonyl (C=O) groups excluding carboxylic acids is 1. The molecule has 1 heterocycles. The van der Waals surface area contributed by atoms with Gasteiger partial charge in [0.1, 0.15) is 0 Å². The van der Waals surface area contributed by atoms with E-state index in [1.807, 2.05) is 0 Å². The summed E-state index contributed by atoms with van der Waals surface area (Å²) in [6.07, 6.45) is 0. The number of hydrogen-bond donors (Lipinski definition) is 3. The summed E-state index contributed by atoms with van der Waals surface area (Å²) in [6.45, 7) is 0. The lowest BCUT2D eigenvalue weighted by molar-refractivity contribution is -0.110. The molecule has 0 atom stereocenters. The van der Waals surface area contributed by atoms with E-state index in [0.717, 1.165) is 0 Å². The normalized spacial score (nSPS) is 16.1. The largest absolute Gasteiger partial charge is 0.478 e. The zero-order valence-corrected chi connectivity index (χ0v) is 9.41. The van der Waals surface area contributed by atoms with Crippen molar-refractivity contribution in [3.8, 4) is 0 Å². The topological polar surface area (TPSA) is 105 Å². The molecule has 2 rings (SSSR count). The molecule has 7 heteroatoms. The summed E-state index contributed by atoms with van der Waals surface area (Å²) < 4.78 is 0.463. The number of hydrazone groups is 1. The van der Waals surface area contributed by atoms with Crippen LogP contribution in [0.3, 0.4) is 0 Å². The monoisotopic (exact) mass is 283 g/mol. The van der Waals surface area contributed by atoms with E-state index in [1.165, 1.54) is 12.1 Å². The Kier molecular flexibility index (Phi) is 2.39. The number of aromatic carboxylic acids is 1. The Bertz CT molecular complexity index is 539. The summed E-state index contributed by atoms with van der Waals surface area (Å²) in [7, 11) is 0. The molecule has 1 amide bonds. The van der Waals surface area contributed by atoms with Crippen LogP contribution in [0.2, 0.25) is 0 Å². The summed E-state index contributed by atoms with van der Waals surface area (Å²) in [6, 6.07) is 2.76. The van der Waals surface area contributed by atoms with Crippen molar-refractivity contribution in [1.82, 2.24) is 0 Å². The summed E-state index contributed by atoms with van der Waals surface area (Å²) in [5, 5.41) is 14.7. The zero-order valence-electron chi connectivity index (χ0n) is 7.82. The fourth-order valence-corrected chi connectivity index (χ4v) is 2.14. The van der Waals surface area contributed by atoms with Crippen molar-refractivity contribution >= 4 is 39.2 Å². The van der Waals surface area contributed by atoms with Gasteiger partial charge in [0.05, 0.1) is 11.3 Å². The predicted octanol–water partition coefficient (Wildman–Crippen LogP) is 0.762. The van der Waals surface area contributed by atoms with Crippen LogP contribution in [0.4, 0.5) is 5.69 Å². The quantitative estimate of drug-likeness (QED) is 0.523. The minimum atomic E-state index is -1.07. The molecule has 0 unspecified atom stereocenters. The molecule has 82 valence electrons. The van der Waals surface area contributed by atoms with Gasteiger partial charge in [-0.1, -0.05) is 0 Å². The van der Waals surface area contributed by atoms with Crippen molar-refractivity contribution in [2.45, 2.75) is 0 Å². The molecule has 16 heavy (non-hydrogen) atoms. The number of fused-ring (bicyclic) bond motifs is 1. The first-order valence-electron chi connectivity index (χ1n) is 4.21. The third-order valence-electron chi connectivity index (χ3n) is 2.17. The number of amides is 1. The number of carboxylic acids is 1. The number of hydrogen-bond acceptors (Lipinski definition) is 4. The fourth-order valence-electron chi connectivity index (χ4n) is 1.49. The minimum absolute atomic E-state index is 0.0733. The van der Waals surface area contributed by atoms with E-state index in [2.05, 4.69) is 26.3 Å². The first-order chi connectivity index (χ1) is 7.54. The predicted molar refractivity (Wildman–Crippen MR) is 60.5 cm³/mol. The van der Waals surface area contributed by atoms with Gasteiger partial charge in [-0.15, -0.1) is 0 Å². The lowest BCUT2D eigenvalue weighted by Crippen LogP contribution is -2.16. The highest BCUT2D eigenvalue weighted by molar-refractivity contribution is 9.10. The van der Waals surface area contributed by atoms with Crippen molar-refractivity contribution in [2.75, 3.05) is 5.32 Å². The van der Waals surface area contributed by atoms with Crippen LogP contribution in [0.15, 0.2) is 21.7 Å². The first kappa shape index (κ1) is 10.6. The average Bonchev–Trinajstić information content (AvgIpc) is 2.53. The molecule has 0 bridgehead atoms. The Balaban J connectivity index is 2.67. The highest BCUT2D eigenvalue weighted by Gasteiger charge is 2.29. The molecule has 1 aromatic rings. The Labute approximate surface area is 98.3 Å². The Morgan fingerprint density at radius 3 is 2.75 bits per heavy atom. The number of nitrogens with one attached hydrogen (secondary N) is 1. The van der Waals surface area contributed by atoms with Crippen LogP contribution in [0, 0.1) is 0 Å². The smallest absolute Gasteiger partial charge is 0.335 e. The molecule has 4 N–H and O–H groups in total. The van der Waals surface area contributed by atoms with Gasteiger partial charge in [-0.2, -0.15) is 5.10 Å². The molecule has 0 aromatic heterocycles. The highest BCUT2D eigenvalue weighted by Crippen LogP contribution is 2.32. The third kappa shape index (κ3) is 1.45. The van der Waals surface area contributed by atoms with E-state index >= 15 is 0 Å². The van der Waals surface area contributed by atoms with Crippen LogP contribution in [0.5, 0.6) is 0 Å². The lowest BCUT2D eigenvalue weighted by Gasteiger charge is -2.03. The summed E-state index contributed by atoms with van der Waals surface area (Å²) in [5.41, 5.74) is 1.03. The van der Waals surface area contributed by atoms with Crippen LogP contribution in [0.25, 0.3) is 0 Å². The van der Waals surface area contributed by atoms with Crippen molar-refractivity contribution in [3.05, 3.63) is 27.7 Å². The Morgan fingerprint density at radius 2 is 2.19 bits per heavy atom. The van der Waals surface area contributed by atoms with Gasteiger partial charge in [0.25, 0.3) is 5.91 Å². The Morgan fingerprint density at radius 1 is 1.50 bits per heavy atom. The molecule has 0 fully saturated rings. The van der Waals surface area contributed by atoms with Gasteiger partial charge in [-0.25, -0.2) is 4.79 Å². The number of carboxylic acid groups (broad SMARTS) is 1. The SMILES string of the molecule is N/N=C1\C(=O)Nc2cc(C(=O)O)cc(Br)c21. The van der Waals surface area contributed by atoms with Crippen LogP contribution >= 0.6 is 15.9 Å². The second-order valence-electron chi connectivity index (χ2n) is 3.12. The van der Waals surface area contributed by atoms with Gasteiger partial charge in [-0.3, -0.25) is 4.79 Å². The highest BCUT2D eigenvalue weighted by atomic mass is 79.9. The molecule has 1 aliphatic heterocycles. The maximum absolute atomic E-state index is 11.4. The molecule has 1 aliphatic rings. The van der Waals surface area contributed by atoms with Crippen LogP contribution in [-0.2, 0) is 4.79 Å². The molecule has 0 spiro atoms. The minimum Gasteiger partial charge on any atom is -0.478 e. The van der Waals surface area contributed by atoms with Gasteiger partial charge in [0.2, 0.25) is 0 Å². The number of anilines is 1.